The average Bonchev–Trinajstić information content (AvgIpc) is 2.59. The van der Waals surface area contributed by atoms with E-state index in [2.05, 4.69) is 10.0 Å². The Morgan fingerprint density at radius 1 is 1.38 bits per heavy atom. The third kappa shape index (κ3) is 4.35. The predicted molar refractivity (Wildman–Crippen MR) is 92.4 cm³/mol. The molecule has 0 aliphatic carbocycles. The van der Waals surface area contributed by atoms with Crippen LogP contribution in [0.25, 0.3) is 27.3 Å². The van der Waals surface area contributed by atoms with Crippen LogP contribution < -0.4 is 0 Å². The van der Waals surface area contributed by atoms with E-state index in [1.807, 2.05) is 31.2 Å². The van der Waals surface area contributed by atoms with Crippen LogP contribution in [0.15, 0.2) is 41.5 Å². The molecule has 120 valence electrons. The fourth-order valence-corrected chi connectivity index (χ4v) is 2.16. The van der Waals surface area contributed by atoms with E-state index in [1.54, 1.807) is 18.2 Å². The van der Waals surface area contributed by atoms with Crippen molar-refractivity contribution in [2.45, 2.75) is 19.8 Å². The highest BCUT2D eigenvalue weighted by atomic mass is 16.5. The number of hydrogen-bond donors (Lipinski definition) is 0. The van der Waals surface area contributed by atoms with Crippen LogP contribution in [-0.2, 0) is 9.53 Å². The molecule has 2 aromatic rings. The molecule has 24 heavy (non-hydrogen) atoms. The summed E-state index contributed by atoms with van der Waals surface area (Å²) in [5.41, 5.74) is 9.97. The summed E-state index contributed by atoms with van der Waals surface area (Å²) in [5.74, 6) is -0.375. The Hall–Kier alpha value is -3.29. The van der Waals surface area contributed by atoms with Crippen LogP contribution in [0, 0.1) is 11.3 Å². The van der Waals surface area contributed by atoms with E-state index in [1.165, 1.54) is 6.08 Å². The first-order valence-corrected chi connectivity index (χ1v) is 7.55. The molecule has 0 unspecified atom stereocenters. The number of benzene rings is 2. The average molecular weight is 320 g/mol. The minimum absolute atomic E-state index is 0.301. The quantitative estimate of drug-likeness (QED) is 0.187. The zero-order valence-corrected chi connectivity index (χ0v) is 13.3. The van der Waals surface area contributed by atoms with Crippen LogP contribution in [0.5, 0.6) is 0 Å². The Morgan fingerprint density at radius 2 is 2.21 bits per heavy atom. The van der Waals surface area contributed by atoms with Gasteiger partial charge in [0.05, 0.1) is 23.9 Å². The SMILES string of the molecule is CCCCOC(=O)/C=C/c1ccc2cc(N=[N+]=[N-])c(C#N)cc2c1. The molecule has 0 heterocycles. The van der Waals surface area contributed by atoms with Gasteiger partial charge in [-0.3, -0.25) is 0 Å². The van der Waals surface area contributed by atoms with Gasteiger partial charge in [-0.2, -0.15) is 5.26 Å². The molecule has 6 heteroatoms. The maximum Gasteiger partial charge on any atom is 0.330 e. The predicted octanol–water partition coefficient (Wildman–Crippen LogP) is 5.01. The number of fused-ring (bicyclic) bond motifs is 1. The third-order valence-electron chi connectivity index (χ3n) is 3.41. The Labute approximate surface area is 139 Å². The molecule has 0 amide bonds. The molecule has 0 aliphatic rings. The van der Waals surface area contributed by atoms with Crippen molar-refractivity contribution in [1.82, 2.24) is 0 Å². The molecular formula is C18H16N4O2. The van der Waals surface area contributed by atoms with Crippen molar-refractivity contribution in [3.63, 3.8) is 0 Å². The van der Waals surface area contributed by atoms with Gasteiger partial charge in [-0.05, 0) is 52.6 Å². The summed E-state index contributed by atoms with van der Waals surface area (Å²) in [6, 6.07) is 10.9. The summed E-state index contributed by atoms with van der Waals surface area (Å²) in [5, 5.41) is 14.3. The van der Waals surface area contributed by atoms with Crippen molar-refractivity contribution in [3.05, 3.63) is 58.0 Å². The number of ether oxygens (including phenoxy) is 1. The van der Waals surface area contributed by atoms with E-state index in [0.29, 0.717) is 17.9 Å². The summed E-state index contributed by atoms with van der Waals surface area (Å²) in [6.07, 6.45) is 4.87. The first-order chi connectivity index (χ1) is 11.7. The maximum absolute atomic E-state index is 11.6. The molecular weight excluding hydrogens is 304 g/mol. The molecule has 0 saturated heterocycles. The highest BCUT2D eigenvalue weighted by Gasteiger charge is 2.04. The highest BCUT2D eigenvalue weighted by Crippen LogP contribution is 2.27. The number of azide groups is 1. The summed E-state index contributed by atoms with van der Waals surface area (Å²) in [4.78, 5) is 14.3. The molecule has 2 aromatic carbocycles. The molecule has 0 fully saturated rings. The van der Waals surface area contributed by atoms with Gasteiger partial charge in [0.2, 0.25) is 0 Å². The lowest BCUT2D eigenvalue weighted by Gasteiger charge is -2.03. The summed E-state index contributed by atoms with van der Waals surface area (Å²) >= 11 is 0. The molecule has 0 N–H and O–H groups in total. The monoisotopic (exact) mass is 320 g/mol. The number of hydrogen-bond acceptors (Lipinski definition) is 4. The number of carbonyl (C=O) groups is 1. The van der Waals surface area contributed by atoms with Crippen LogP contribution in [-0.4, -0.2) is 12.6 Å². The number of nitriles is 1. The van der Waals surface area contributed by atoms with Gasteiger partial charge in [-0.15, -0.1) is 0 Å². The number of nitrogens with zero attached hydrogens (tertiary/aromatic N) is 4. The minimum atomic E-state index is -0.375. The van der Waals surface area contributed by atoms with Gasteiger partial charge in [0.15, 0.2) is 0 Å². The fraction of sp³-hybridized carbons (Fsp3) is 0.222. The lowest BCUT2D eigenvalue weighted by atomic mass is 10.0. The Kier molecular flexibility index (Phi) is 5.95. The highest BCUT2D eigenvalue weighted by molar-refractivity contribution is 5.91. The van der Waals surface area contributed by atoms with E-state index in [-0.39, 0.29) is 5.97 Å². The molecule has 6 nitrogen and oxygen atoms in total. The molecule has 0 atom stereocenters. The Balaban J connectivity index is 2.25. The normalized spacial score (nSPS) is 10.3. The van der Waals surface area contributed by atoms with Crippen LogP contribution in [0.2, 0.25) is 0 Å². The fourth-order valence-electron chi connectivity index (χ4n) is 2.16. The van der Waals surface area contributed by atoms with Gasteiger partial charge < -0.3 is 4.74 Å². The van der Waals surface area contributed by atoms with E-state index in [4.69, 9.17) is 15.5 Å². The molecule has 0 radical (unpaired) electrons. The van der Waals surface area contributed by atoms with Crippen LogP contribution >= 0.6 is 0 Å². The van der Waals surface area contributed by atoms with Gasteiger partial charge in [-0.25, -0.2) is 4.79 Å². The lowest BCUT2D eigenvalue weighted by Crippen LogP contribution is -2.01. The summed E-state index contributed by atoms with van der Waals surface area (Å²) in [7, 11) is 0. The number of carbonyl (C=O) groups excluding carboxylic acids is 1. The van der Waals surface area contributed by atoms with Crippen molar-refractivity contribution >= 4 is 28.5 Å². The Morgan fingerprint density at radius 3 is 2.92 bits per heavy atom. The summed E-state index contributed by atoms with van der Waals surface area (Å²) < 4.78 is 5.06. The lowest BCUT2D eigenvalue weighted by molar-refractivity contribution is -0.137. The molecule has 0 aromatic heterocycles. The van der Waals surface area contributed by atoms with Gasteiger partial charge in [0.25, 0.3) is 0 Å². The second-order valence-electron chi connectivity index (χ2n) is 5.13. The smallest absolute Gasteiger partial charge is 0.330 e. The molecule has 0 saturated carbocycles. The first-order valence-electron chi connectivity index (χ1n) is 7.55. The van der Waals surface area contributed by atoms with E-state index in [9.17, 15) is 4.79 Å². The number of esters is 1. The first kappa shape index (κ1) is 17.1. The second kappa shape index (κ2) is 8.37. The topological polar surface area (TPSA) is 98.8 Å². The zero-order chi connectivity index (χ0) is 17.4. The number of unbranched alkanes of at least 4 members (excludes halogenated alkanes) is 1. The van der Waals surface area contributed by atoms with Crippen molar-refractivity contribution in [2.24, 2.45) is 5.11 Å². The molecule has 2 rings (SSSR count). The second-order valence-corrected chi connectivity index (χ2v) is 5.13. The van der Waals surface area contributed by atoms with E-state index >= 15 is 0 Å². The van der Waals surface area contributed by atoms with Crippen LogP contribution in [0.3, 0.4) is 0 Å². The standard InChI is InChI=1S/C18H16N4O2/c1-2-3-8-24-18(23)7-5-13-4-6-14-11-17(21-22-20)16(12-19)10-15(14)9-13/h4-7,9-11H,2-3,8H2,1H3/b7-5+. The summed E-state index contributed by atoms with van der Waals surface area (Å²) in [6.45, 7) is 2.45. The molecule has 0 bridgehead atoms. The van der Waals surface area contributed by atoms with Crippen LogP contribution in [0.1, 0.15) is 30.9 Å². The largest absolute Gasteiger partial charge is 0.463 e. The molecule has 0 aliphatic heterocycles. The van der Waals surface area contributed by atoms with Crippen molar-refractivity contribution in [3.8, 4) is 6.07 Å². The van der Waals surface area contributed by atoms with Gasteiger partial charge >= 0.3 is 5.97 Å². The van der Waals surface area contributed by atoms with Gasteiger partial charge in [-0.1, -0.05) is 30.6 Å². The third-order valence-corrected chi connectivity index (χ3v) is 3.41. The number of rotatable bonds is 6. The van der Waals surface area contributed by atoms with E-state index in [0.717, 1.165) is 29.2 Å². The van der Waals surface area contributed by atoms with Gasteiger partial charge in [0, 0.05) is 11.0 Å². The minimum Gasteiger partial charge on any atom is -0.463 e. The zero-order valence-electron chi connectivity index (χ0n) is 13.3. The van der Waals surface area contributed by atoms with Crippen molar-refractivity contribution in [1.29, 1.82) is 5.26 Å². The van der Waals surface area contributed by atoms with E-state index < -0.39 is 0 Å². The van der Waals surface area contributed by atoms with Crippen LogP contribution in [0.4, 0.5) is 5.69 Å². The molecule has 0 spiro atoms. The van der Waals surface area contributed by atoms with Gasteiger partial charge in [0.1, 0.15) is 0 Å². The Bertz CT molecular complexity index is 874. The van der Waals surface area contributed by atoms with Crippen molar-refractivity contribution in [2.75, 3.05) is 6.61 Å². The maximum atomic E-state index is 11.6. The van der Waals surface area contributed by atoms with Crippen molar-refractivity contribution < 1.29 is 9.53 Å².